The largest absolute Gasteiger partial charge is 0.445 e. The van der Waals surface area contributed by atoms with Gasteiger partial charge in [0.25, 0.3) is 0 Å². The number of aliphatic hydroxyl groups is 1. The molecule has 1 aliphatic rings. The zero-order chi connectivity index (χ0) is 13.0. The SMILES string of the molecule is O=C(N[C@@H]1C(=O)NCC1O)OCc1ccccc1. The minimum atomic E-state index is -0.937. The molecule has 1 heterocycles. The summed E-state index contributed by atoms with van der Waals surface area (Å²) in [5.74, 6) is -0.404. The molecule has 2 rings (SSSR count). The first kappa shape index (κ1) is 12.4. The molecule has 0 bridgehead atoms. The van der Waals surface area contributed by atoms with E-state index in [0.29, 0.717) is 0 Å². The average molecular weight is 250 g/mol. The Labute approximate surface area is 104 Å². The molecule has 18 heavy (non-hydrogen) atoms. The van der Waals surface area contributed by atoms with Crippen LogP contribution in [0.5, 0.6) is 0 Å². The molecule has 1 unspecified atom stereocenters. The highest BCUT2D eigenvalue weighted by atomic mass is 16.5. The molecule has 1 fully saturated rings. The molecule has 0 saturated carbocycles. The van der Waals surface area contributed by atoms with Gasteiger partial charge in [0, 0.05) is 6.54 Å². The van der Waals surface area contributed by atoms with Crippen LogP contribution in [0.1, 0.15) is 5.56 Å². The summed E-state index contributed by atoms with van der Waals surface area (Å²) in [5, 5.41) is 14.2. The summed E-state index contributed by atoms with van der Waals surface area (Å²) < 4.78 is 4.95. The molecule has 1 aliphatic heterocycles. The van der Waals surface area contributed by atoms with Gasteiger partial charge in [0.2, 0.25) is 5.91 Å². The number of β-amino-alcohol motifs (C(OH)–C–C–N with tert-alkyl or cyclic N) is 1. The van der Waals surface area contributed by atoms with E-state index in [-0.39, 0.29) is 13.2 Å². The normalized spacial score (nSPS) is 22.4. The Morgan fingerprint density at radius 1 is 1.44 bits per heavy atom. The molecular formula is C12H14N2O4. The Morgan fingerprint density at radius 2 is 2.17 bits per heavy atom. The van der Waals surface area contributed by atoms with Gasteiger partial charge in [0.1, 0.15) is 18.8 Å². The molecule has 1 saturated heterocycles. The van der Waals surface area contributed by atoms with E-state index in [0.717, 1.165) is 5.56 Å². The van der Waals surface area contributed by atoms with Crippen molar-refractivity contribution in [3.8, 4) is 0 Å². The van der Waals surface area contributed by atoms with Crippen molar-refractivity contribution >= 4 is 12.0 Å². The van der Waals surface area contributed by atoms with Gasteiger partial charge < -0.3 is 20.5 Å². The van der Waals surface area contributed by atoms with E-state index in [9.17, 15) is 14.7 Å². The molecule has 1 aromatic carbocycles. The van der Waals surface area contributed by atoms with Gasteiger partial charge in [-0.3, -0.25) is 4.79 Å². The number of carbonyl (C=O) groups is 2. The van der Waals surface area contributed by atoms with E-state index >= 15 is 0 Å². The van der Waals surface area contributed by atoms with Gasteiger partial charge in [-0.1, -0.05) is 30.3 Å². The molecule has 96 valence electrons. The van der Waals surface area contributed by atoms with Crippen molar-refractivity contribution in [2.45, 2.75) is 18.8 Å². The number of aliphatic hydroxyl groups excluding tert-OH is 1. The quantitative estimate of drug-likeness (QED) is 0.691. The number of rotatable bonds is 3. The summed E-state index contributed by atoms with van der Waals surface area (Å²) >= 11 is 0. The van der Waals surface area contributed by atoms with E-state index < -0.39 is 24.1 Å². The summed E-state index contributed by atoms with van der Waals surface area (Å²) in [6, 6.07) is 8.25. The van der Waals surface area contributed by atoms with Crippen LogP contribution in [0.25, 0.3) is 0 Å². The maximum absolute atomic E-state index is 11.4. The van der Waals surface area contributed by atoms with Crippen LogP contribution < -0.4 is 10.6 Å². The molecule has 6 nitrogen and oxygen atoms in total. The van der Waals surface area contributed by atoms with Crippen molar-refractivity contribution in [1.29, 1.82) is 0 Å². The predicted octanol–water partition coefficient (Wildman–Crippen LogP) is -0.228. The second kappa shape index (κ2) is 5.50. The van der Waals surface area contributed by atoms with E-state index in [1.807, 2.05) is 30.3 Å². The monoisotopic (exact) mass is 250 g/mol. The third-order valence-corrected chi connectivity index (χ3v) is 2.64. The molecule has 0 aliphatic carbocycles. The molecule has 0 spiro atoms. The fourth-order valence-corrected chi connectivity index (χ4v) is 1.66. The lowest BCUT2D eigenvalue weighted by atomic mass is 10.2. The first-order valence-electron chi connectivity index (χ1n) is 5.60. The Bertz CT molecular complexity index is 435. The number of ether oxygens (including phenoxy) is 1. The van der Waals surface area contributed by atoms with Crippen molar-refractivity contribution < 1.29 is 19.4 Å². The van der Waals surface area contributed by atoms with E-state index in [4.69, 9.17) is 4.74 Å². The van der Waals surface area contributed by atoms with Gasteiger partial charge in [-0.2, -0.15) is 0 Å². The van der Waals surface area contributed by atoms with Gasteiger partial charge in [-0.15, -0.1) is 0 Å². The van der Waals surface area contributed by atoms with Crippen LogP contribution in [0.15, 0.2) is 30.3 Å². The number of amides is 2. The van der Waals surface area contributed by atoms with E-state index in [2.05, 4.69) is 10.6 Å². The van der Waals surface area contributed by atoms with Crippen LogP contribution in [0.4, 0.5) is 4.79 Å². The molecule has 1 aromatic rings. The van der Waals surface area contributed by atoms with Crippen molar-refractivity contribution in [3.05, 3.63) is 35.9 Å². The summed E-state index contributed by atoms with van der Waals surface area (Å²) in [4.78, 5) is 22.7. The van der Waals surface area contributed by atoms with Crippen LogP contribution in [0.2, 0.25) is 0 Å². The number of benzene rings is 1. The fourth-order valence-electron chi connectivity index (χ4n) is 1.66. The molecule has 0 aromatic heterocycles. The number of hydrogen-bond donors (Lipinski definition) is 3. The summed E-state index contributed by atoms with van der Waals surface area (Å²) in [5.41, 5.74) is 0.851. The van der Waals surface area contributed by atoms with Crippen molar-refractivity contribution in [2.24, 2.45) is 0 Å². The van der Waals surface area contributed by atoms with Gasteiger partial charge in [0.15, 0.2) is 0 Å². The van der Waals surface area contributed by atoms with Crippen LogP contribution in [0.3, 0.4) is 0 Å². The maximum Gasteiger partial charge on any atom is 0.408 e. The minimum Gasteiger partial charge on any atom is -0.445 e. The van der Waals surface area contributed by atoms with E-state index in [1.165, 1.54) is 0 Å². The highest BCUT2D eigenvalue weighted by Crippen LogP contribution is 2.03. The number of hydrogen-bond acceptors (Lipinski definition) is 4. The lowest BCUT2D eigenvalue weighted by Crippen LogP contribution is -2.45. The number of nitrogens with one attached hydrogen (secondary N) is 2. The highest BCUT2D eigenvalue weighted by molar-refractivity contribution is 5.88. The fraction of sp³-hybridized carbons (Fsp3) is 0.333. The predicted molar refractivity (Wildman–Crippen MR) is 62.6 cm³/mol. The van der Waals surface area contributed by atoms with Crippen LogP contribution in [0, 0.1) is 0 Å². The molecular weight excluding hydrogens is 236 g/mol. The summed E-state index contributed by atoms with van der Waals surface area (Å²) in [6.45, 7) is 0.263. The third-order valence-electron chi connectivity index (χ3n) is 2.64. The van der Waals surface area contributed by atoms with Crippen molar-refractivity contribution in [2.75, 3.05) is 6.54 Å². The second-order valence-corrected chi connectivity index (χ2v) is 4.00. The Balaban J connectivity index is 1.80. The number of carbonyl (C=O) groups excluding carboxylic acids is 2. The maximum atomic E-state index is 11.4. The van der Waals surface area contributed by atoms with Crippen molar-refractivity contribution in [3.63, 3.8) is 0 Å². The zero-order valence-corrected chi connectivity index (χ0v) is 9.63. The minimum absolute atomic E-state index is 0.122. The molecule has 2 amide bonds. The van der Waals surface area contributed by atoms with Crippen LogP contribution in [-0.4, -0.2) is 35.8 Å². The molecule has 3 N–H and O–H groups in total. The van der Waals surface area contributed by atoms with Crippen LogP contribution >= 0.6 is 0 Å². The third kappa shape index (κ3) is 2.98. The first-order valence-corrected chi connectivity index (χ1v) is 5.60. The smallest absolute Gasteiger partial charge is 0.408 e. The second-order valence-electron chi connectivity index (χ2n) is 4.00. The average Bonchev–Trinajstić information content (AvgIpc) is 2.69. The lowest BCUT2D eigenvalue weighted by molar-refractivity contribution is -0.121. The lowest BCUT2D eigenvalue weighted by Gasteiger charge is -2.13. The Kier molecular flexibility index (Phi) is 3.78. The highest BCUT2D eigenvalue weighted by Gasteiger charge is 2.34. The molecule has 2 atom stereocenters. The van der Waals surface area contributed by atoms with Crippen molar-refractivity contribution in [1.82, 2.24) is 10.6 Å². The van der Waals surface area contributed by atoms with E-state index in [1.54, 1.807) is 0 Å². The zero-order valence-electron chi connectivity index (χ0n) is 9.63. The Hall–Kier alpha value is -2.08. The molecule has 0 radical (unpaired) electrons. The van der Waals surface area contributed by atoms with Gasteiger partial charge >= 0.3 is 6.09 Å². The van der Waals surface area contributed by atoms with Gasteiger partial charge in [-0.05, 0) is 5.56 Å². The topological polar surface area (TPSA) is 87.7 Å². The first-order chi connectivity index (χ1) is 8.66. The summed E-state index contributed by atoms with van der Waals surface area (Å²) in [6.07, 6.45) is -1.64. The summed E-state index contributed by atoms with van der Waals surface area (Å²) in [7, 11) is 0. The van der Waals surface area contributed by atoms with Gasteiger partial charge in [0.05, 0.1) is 0 Å². The molecule has 6 heteroatoms. The Morgan fingerprint density at radius 3 is 2.78 bits per heavy atom. The van der Waals surface area contributed by atoms with Gasteiger partial charge in [-0.25, -0.2) is 4.79 Å². The number of alkyl carbamates (subject to hydrolysis) is 1. The standard InChI is InChI=1S/C12H14N2O4/c15-9-6-13-11(16)10(9)14-12(17)18-7-8-4-2-1-3-5-8/h1-5,9-10,15H,6-7H2,(H,13,16)(H,14,17)/t9?,10-/m0/s1. The van der Waals surface area contributed by atoms with Crippen LogP contribution in [-0.2, 0) is 16.1 Å².